The third-order valence-corrected chi connectivity index (χ3v) is 6.71. The van der Waals surface area contributed by atoms with Crippen LogP contribution in [0.5, 0.6) is 0 Å². The number of para-hydroxylation sites is 1. The zero-order valence-corrected chi connectivity index (χ0v) is 19.9. The number of pyridine rings is 1. The van der Waals surface area contributed by atoms with Crippen LogP contribution in [0.1, 0.15) is 40.3 Å². The van der Waals surface area contributed by atoms with Crippen LogP contribution in [0.2, 0.25) is 0 Å². The number of nitrogens with one attached hydrogen (secondary N) is 1. The molecule has 172 valence electrons. The standard InChI is InChI=1S/C27H24F2N4S/c1-16-14-19(11-12-21(16)28)33-26(25(31-27(33)34)23-9-6-7-13-30-23)20-15-17(2)32(18(20)3)24-10-5-4-8-22(24)29/h4-15,25-26H,1-3H3,(H,31,34)/t25-,26-/m1/s1. The van der Waals surface area contributed by atoms with E-state index in [9.17, 15) is 8.78 Å². The highest BCUT2D eigenvalue weighted by atomic mass is 32.1. The fourth-order valence-corrected chi connectivity index (χ4v) is 5.16. The molecule has 4 aromatic rings. The molecule has 1 N–H and O–H groups in total. The smallest absolute Gasteiger partial charge is 0.174 e. The highest BCUT2D eigenvalue weighted by molar-refractivity contribution is 7.80. The number of thiocarbonyl (C=S) groups is 1. The van der Waals surface area contributed by atoms with Crippen molar-refractivity contribution in [3.63, 3.8) is 0 Å². The maximum absolute atomic E-state index is 14.7. The molecule has 7 heteroatoms. The van der Waals surface area contributed by atoms with Crippen molar-refractivity contribution < 1.29 is 8.78 Å². The van der Waals surface area contributed by atoms with E-state index in [1.165, 1.54) is 12.1 Å². The fraction of sp³-hybridized carbons (Fsp3) is 0.185. The molecule has 34 heavy (non-hydrogen) atoms. The number of nitrogens with zero attached hydrogens (tertiary/aromatic N) is 3. The molecule has 0 amide bonds. The minimum absolute atomic E-state index is 0.242. The Morgan fingerprint density at radius 2 is 1.68 bits per heavy atom. The molecule has 5 rings (SSSR count). The van der Waals surface area contributed by atoms with Gasteiger partial charge in [0.2, 0.25) is 0 Å². The van der Waals surface area contributed by atoms with Gasteiger partial charge in [0.25, 0.3) is 0 Å². The van der Waals surface area contributed by atoms with Gasteiger partial charge in [0, 0.05) is 23.3 Å². The Morgan fingerprint density at radius 3 is 2.38 bits per heavy atom. The summed E-state index contributed by atoms with van der Waals surface area (Å²) in [5, 5.41) is 3.96. The summed E-state index contributed by atoms with van der Waals surface area (Å²) in [6, 6.07) is 19.1. The van der Waals surface area contributed by atoms with Crippen molar-refractivity contribution in [2.75, 3.05) is 4.90 Å². The zero-order valence-electron chi connectivity index (χ0n) is 19.1. The van der Waals surface area contributed by atoms with Crippen molar-refractivity contribution >= 4 is 23.0 Å². The third-order valence-electron chi connectivity index (χ3n) is 6.40. The van der Waals surface area contributed by atoms with Crippen molar-refractivity contribution in [1.82, 2.24) is 14.9 Å². The molecule has 4 nitrogen and oxygen atoms in total. The van der Waals surface area contributed by atoms with Crippen molar-refractivity contribution in [2.45, 2.75) is 32.9 Å². The molecule has 2 aromatic heterocycles. The minimum Gasteiger partial charge on any atom is -0.351 e. The SMILES string of the molecule is Cc1cc(N2C(=S)N[C@H](c3ccccn3)[C@H]2c2cc(C)n(-c3ccccc3F)c2C)ccc1F. The first-order valence-corrected chi connectivity index (χ1v) is 11.5. The van der Waals surface area contributed by atoms with Crippen molar-refractivity contribution in [3.8, 4) is 5.69 Å². The number of hydrogen-bond donors (Lipinski definition) is 1. The number of hydrogen-bond acceptors (Lipinski definition) is 2. The number of aryl methyl sites for hydroxylation is 2. The molecule has 1 fully saturated rings. The van der Waals surface area contributed by atoms with Crippen LogP contribution >= 0.6 is 12.2 Å². The lowest BCUT2D eigenvalue weighted by atomic mass is 9.96. The Labute approximate surface area is 202 Å². The van der Waals surface area contributed by atoms with Crippen LogP contribution < -0.4 is 10.2 Å². The van der Waals surface area contributed by atoms with Gasteiger partial charge in [-0.25, -0.2) is 8.78 Å². The lowest BCUT2D eigenvalue weighted by Gasteiger charge is -2.28. The van der Waals surface area contributed by atoms with E-state index < -0.39 is 0 Å². The molecular formula is C27H24F2N4S. The first kappa shape index (κ1) is 22.2. The summed E-state index contributed by atoms with van der Waals surface area (Å²) in [6.07, 6.45) is 1.75. The Kier molecular flexibility index (Phi) is 5.65. The molecule has 0 spiro atoms. The molecular weight excluding hydrogens is 450 g/mol. The van der Waals surface area contributed by atoms with Crippen LogP contribution in [0.3, 0.4) is 0 Å². The predicted octanol–water partition coefficient (Wildman–Crippen LogP) is 6.25. The lowest BCUT2D eigenvalue weighted by molar-refractivity contribution is 0.564. The van der Waals surface area contributed by atoms with Crippen LogP contribution in [-0.4, -0.2) is 14.7 Å². The van der Waals surface area contributed by atoms with E-state index in [2.05, 4.69) is 16.4 Å². The van der Waals surface area contributed by atoms with E-state index in [0.29, 0.717) is 16.4 Å². The molecule has 1 saturated heterocycles. The summed E-state index contributed by atoms with van der Waals surface area (Å²) < 4.78 is 30.7. The number of halogens is 2. The summed E-state index contributed by atoms with van der Waals surface area (Å²) in [5.41, 5.74) is 5.47. The summed E-state index contributed by atoms with van der Waals surface area (Å²) in [6.45, 7) is 5.69. The number of aromatic nitrogens is 2. The molecule has 0 saturated carbocycles. The fourth-order valence-electron chi connectivity index (χ4n) is 4.82. The van der Waals surface area contributed by atoms with Crippen LogP contribution in [0.4, 0.5) is 14.5 Å². The average molecular weight is 475 g/mol. The summed E-state index contributed by atoms with van der Waals surface area (Å²) in [5.74, 6) is -0.555. The van der Waals surface area contributed by atoms with E-state index in [1.807, 2.05) is 47.6 Å². The van der Waals surface area contributed by atoms with Gasteiger partial charge >= 0.3 is 0 Å². The second kappa shape index (κ2) is 8.65. The second-order valence-electron chi connectivity index (χ2n) is 8.54. The number of benzene rings is 2. The normalized spacial score (nSPS) is 17.8. The largest absolute Gasteiger partial charge is 0.351 e. The number of anilines is 1. The van der Waals surface area contributed by atoms with Crippen molar-refractivity contribution in [2.24, 2.45) is 0 Å². The molecule has 1 aliphatic heterocycles. The van der Waals surface area contributed by atoms with Crippen molar-refractivity contribution in [3.05, 3.63) is 113 Å². The summed E-state index contributed by atoms with van der Waals surface area (Å²) in [4.78, 5) is 6.59. The molecule has 1 aliphatic rings. The van der Waals surface area contributed by atoms with Gasteiger partial charge < -0.3 is 14.8 Å². The van der Waals surface area contributed by atoms with E-state index in [-0.39, 0.29) is 23.7 Å². The maximum atomic E-state index is 14.7. The van der Waals surface area contributed by atoms with E-state index in [0.717, 1.165) is 28.3 Å². The molecule has 0 aliphatic carbocycles. The Hall–Kier alpha value is -3.58. The van der Waals surface area contributed by atoms with E-state index >= 15 is 0 Å². The first-order valence-electron chi connectivity index (χ1n) is 11.1. The average Bonchev–Trinajstić information content (AvgIpc) is 3.32. The Balaban J connectivity index is 1.70. The topological polar surface area (TPSA) is 33.1 Å². The van der Waals surface area contributed by atoms with Crippen LogP contribution in [-0.2, 0) is 0 Å². The van der Waals surface area contributed by atoms with Gasteiger partial charge in [0.15, 0.2) is 5.11 Å². The maximum Gasteiger partial charge on any atom is 0.174 e. The lowest BCUT2D eigenvalue weighted by Crippen LogP contribution is -2.29. The monoisotopic (exact) mass is 474 g/mol. The molecule has 2 atom stereocenters. The Bertz CT molecular complexity index is 1380. The van der Waals surface area contributed by atoms with Crippen molar-refractivity contribution in [1.29, 1.82) is 0 Å². The summed E-state index contributed by atoms with van der Waals surface area (Å²) >= 11 is 5.78. The molecule has 0 unspecified atom stereocenters. The summed E-state index contributed by atoms with van der Waals surface area (Å²) in [7, 11) is 0. The third kappa shape index (κ3) is 3.66. The predicted molar refractivity (Wildman–Crippen MR) is 134 cm³/mol. The van der Waals surface area contributed by atoms with E-state index in [4.69, 9.17) is 12.2 Å². The first-order chi connectivity index (χ1) is 16.4. The quantitative estimate of drug-likeness (QED) is 0.354. The van der Waals surface area contributed by atoms with Gasteiger partial charge in [-0.1, -0.05) is 18.2 Å². The highest BCUT2D eigenvalue weighted by Gasteiger charge is 2.42. The van der Waals surface area contributed by atoms with Crippen LogP contribution in [0.25, 0.3) is 5.69 Å². The van der Waals surface area contributed by atoms with Gasteiger partial charge in [-0.3, -0.25) is 4.98 Å². The number of rotatable bonds is 4. The van der Waals surface area contributed by atoms with Crippen LogP contribution in [0.15, 0.2) is 72.9 Å². The van der Waals surface area contributed by atoms with Gasteiger partial charge in [-0.05, 0) is 92.6 Å². The second-order valence-corrected chi connectivity index (χ2v) is 8.93. The van der Waals surface area contributed by atoms with Gasteiger partial charge in [-0.2, -0.15) is 0 Å². The molecule has 2 aromatic carbocycles. The van der Waals surface area contributed by atoms with E-state index in [1.54, 1.807) is 37.4 Å². The zero-order chi connectivity index (χ0) is 24.0. The van der Waals surface area contributed by atoms with Crippen LogP contribution in [0, 0.1) is 32.4 Å². The molecule has 0 radical (unpaired) electrons. The minimum atomic E-state index is -0.289. The van der Waals surface area contributed by atoms with Gasteiger partial charge in [-0.15, -0.1) is 0 Å². The Morgan fingerprint density at radius 1 is 0.912 bits per heavy atom. The van der Waals surface area contributed by atoms with Gasteiger partial charge in [0.05, 0.1) is 23.5 Å². The highest BCUT2D eigenvalue weighted by Crippen LogP contribution is 2.44. The van der Waals surface area contributed by atoms with Gasteiger partial charge in [0.1, 0.15) is 11.6 Å². The molecule has 0 bridgehead atoms. The molecule has 3 heterocycles.